The number of hydrogen-bond donors (Lipinski definition) is 1. The maximum absolute atomic E-state index is 14.7. The lowest BCUT2D eigenvalue weighted by molar-refractivity contribution is -0.311. The van der Waals surface area contributed by atoms with Gasteiger partial charge in [-0.15, -0.1) is 0 Å². The van der Waals surface area contributed by atoms with Crippen LogP contribution < -0.4 is 0 Å². The van der Waals surface area contributed by atoms with Crippen LogP contribution in [0, 0.1) is 22.7 Å². The number of carbonyl (C=O) groups excluding carboxylic acids is 3. The van der Waals surface area contributed by atoms with Crippen LogP contribution in [0.1, 0.15) is 114 Å². The minimum absolute atomic E-state index is 0.307. The van der Waals surface area contributed by atoms with Crippen molar-refractivity contribution in [3.8, 4) is 0 Å². The van der Waals surface area contributed by atoms with Crippen LogP contribution >= 0.6 is 0 Å². The van der Waals surface area contributed by atoms with Crippen LogP contribution in [0.15, 0.2) is 24.3 Å². The minimum atomic E-state index is -3.46. The highest BCUT2D eigenvalue weighted by atomic mass is 17.0. The highest BCUT2D eigenvalue weighted by molar-refractivity contribution is 6.56. The summed E-state index contributed by atoms with van der Waals surface area (Å²) < 4.78 is 72.2. The van der Waals surface area contributed by atoms with Crippen LogP contribution in [0.4, 0.5) is 0 Å². The van der Waals surface area contributed by atoms with Gasteiger partial charge in [0.2, 0.25) is 0 Å². The lowest BCUT2D eigenvalue weighted by Gasteiger charge is -2.52. The lowest BCUT2D eigenvalue weighted by Crippen LogP contribution is -2.61. The molecule has 15 nitrogen and oxygen atoms in total. The molecule has 6 fully saturated rings. The third-order valence-electron chi connectivity index (χ3n) is 14.5. The Morgan fingerprint density at radius 3 is 1.67 bits per heavy atom. The van der Waals surface area contributed by atoms with Crippen molar-refractivity contribution in [3.05, 3.63) is 24.3 Å². The largest absolute Gasteiger partial charge is 0.536 e. The maximum Gasteiger partial charge on any atom is 0.536 e. The second-order valence-corrected chi connectivity index (χ2v) is 19.2. The molecule has 58 heavy (non-hydrogen) atoms. The Kier molecular flexibility index (Phi) is 11.1. The second-order valence-electron chi connectivity index (χ2n) is 19.2. The van der Waals surface area contributed by atoms with Gasteiger partial charge in [0.15, 0.2) is 23.8 Å². The first-order valence-electron chi connectivity index (χ1n) is 21.4. The van der Waals surface area contributed by atoms with Crippen molar-refractivity contribution in [2.45, 2.75) is 199 Å². The molecule has 0 saturated carbocycles. The predicted molar refractivity (Wildman–Crippen MR) is 204 cm³/mol. The lowest BCUT2D eigenvalue weighted by atomic mass is 9.73. The van der Waals surface area contributed by atoms with E-state index in [0.717, 1.165) is 0 Å². The van der Waals surface area contributed by atoms with Gasteiger partial charge in [0.05, 0.1) is 42.7 Å². The van der Waals surface area contributed by atoms with Gasteiger partial charge < -0.3 is 56.9 Å². The summed E-state index contributed by atoms with van der Waals surface area (Å²) in [5.74, 6) is -6.61. The van der Waals surface area contributed by atoms with Crippen LogP contribution in [0.3, 0.4) is 0 Å². The number of esters is 3. The number of aliphatic hydroxyl groups is 1. The molecule has 0 aliphatic carbocycles. The Hall–Kier alpha value is -2.41. The first-order valence-corrected chi connectivity index (χ1v) is 21.4. The molecule has 8 aliphatic rings. The molecule has 17 atom stereocenters. The summed E-state index contributed by atoms with van der Waals surface area (Å²) in [6.45, 7) is 13.2. The molecule has 3 spiro atoms. The van der Waals surface area contributed by atoms with Gasteiger partial charge in [0.1, 0.15) is 18.3 Å². The van der Waals surface area contributed by atoms with E-state index >= 15 is 0 Å². The molecule has 8 heterocycles. The molecule has 1 N–H and O–H groups in total. The van der Waals surface area contributed by atoms with E-state index in [4.69, 9.17) is 51.8 Å². The molecule has 16 heteroatoms. The molecular formula is C42H62BO15-. The fourth-order valence-corrected chi connectivity index (χ4v) is 10.5. The smallest absolute Gasteiger partial charge is 0.504 e. The SMILES string of the molecule is CC(=O)OC1CC=CC2CC(OC(=O)C3O[B-]45OC(C(=O)OC6CC(C=CCC(O)C(C)(C)C7CCC(C)C3(O7)O4)OC6C)C3(OC(CCC3C)C1(C)C)O5)C(C)O2. The van der Waals surface area contributed by atoms with Crippen LogP contribution in [0.5, 0.6) is 0 Å². The standard InChI is InChI=1S/C42H62BO15/c1-22-16-18-33-39(6,7)31(45)14-10-12-27-20-29(24(3)48-27)51-38(47)36-42-23(2)17-19-34(54-42)40(8,9)32(50-26(5)44)15-11-13-28-21-30(25(4)49-28)52-37(46)35-41(22,53-33)57-43(55-35,56-36)58-42/h10-13,22-25,27-36,45H,14-21H2,1-9H3/q-1. The van der Waals surface area contributed by atoms with Crippen molar-refractivity contribution in [3.63, 3.8) is 0 Å². The molecule has 0 amide bonds. The number of fused-ring (bicyclic) bond motifs is 8. The predicted octanol–water partition coefficient (Wildman–Crippen LogP) is 4.72. The van der Waals surface area contributed by atoms with Crippen LogP contribution in [-0.2, 0) is 66.2 Å². The van der Waals surface area contributed by atoms with E-state index in [0.29, 0.717) is 51.4 Å². The van der Waals surface area contributed by atoms with Crippen molar-refractivity contribution in [1.82, 2.24) is 0 Å². The van der Waals surface area contributed by atoms with Crippen molar-refractivity contribution in [1.29, 1.82) is 0 Å². The topological polar surface area (TPSA) is 173 Å². The zero-order valence-corrected chi connectivity index (χ0v) is 35.3. The summed E-state index contributed by atoms with van der Waals surface area (Å²) in [7, 11) is 0. The van der Waals surface area contributed by atoms with Crippen molar-refractivity contribution in [2.24, 2.45) is 22.7 Å². The molecule has 17 unspecified atom stereocenters. The molecule has 6 saturated heterocycles. The number of aliphatic hydroxyl groups excluding tert-OH is 1. The van der Waals surface area contributed by atoms with Crippen LogP contribution in [0.25, 0.3) is 0 Å². The molecule has 0 radical (unpaired) electrons. The van der Waals surface area contributed by atoms with E-state index in [2.05, 4.69) is 0 Å². The normalized spacial score (nSPS) is 49.9. The Labute approximate surface area is 341 Å². The Bertz CT molecular complexity index is 1670. The summed E-state index contributed by atoms with van der Waals surface area (Å²) in [6, 6.07) is 0. The van der Waals surface area contributed by atoms with E-state index in [-0.39, 0.29) is 12.2 Å². The first-order chi connectivity index (χ1) is 27.3. The van der Waals surface area contributed by atoms with Crippen LogP contribution in [-0.4, -0.2) is 115 Å². The van der Waals surface area contributed by atoms with Gasteiger partial charge in [-0.2, -0.15) is 0 Å². The van der Waals surface area contributed by atoms with Crippen molar-refractivity contribution in [2.75, 3.05) is 0 Å². The fourth-order valence-electron chi connectivity index (χ4n) is 10.5. The third-order valence-corrected chi connectivity index (χ3v) is 14.5. The molecule has 324 valence electrons. The van der Waals surface area contributed by atoms with E-state index in [1.807, 2.05) is 79.7 Å². The van der Waals surface area contributed by atoms with Gasteiger partial charge in [-0.25, -0.2) is 9.59 Å². The summed E-state index contributed by atoms with van der Waals surface area (Å²) in [4.78, 5) is 42.0. The Balaban J connectivity index is 1.28. The van der Waals surface area contributed by atoms with Crippen molar-refractivity contribution < 1.29 is 71.3 Å². The highest BCUT2D eigenvalue weighted by Gasteiger charge is 2.73. The van der Waals surface area contributed by atoms with Gasteiger partial charge in [0, 0.05) is 48.9 Å². The summed E-state index contributed by atoms with van der Waals surface area (Å²) in [5.41, 5.74) is -1.66. The summed E-state index contributed by atoms with van der Waals surface area (Å²) >= 11 is 0. The molecule has 0 aromatic rings. The average Bonchev–Trinajstić information content (AvgIpc) is 3.87. The number of hydrogen-bond acceptors (Lipinski definition) is 15. The van der Waals surface area contributed by atoms with Crippen molar-refractivity contribution >= 4 is 24.9 Å². The maximum atomic E-state index is 14.7. The quantitative estimate of drug-likeness (QED) is 0.167. The summed E-state index contributed by atoms with van der Waals surface area (Å²) in [6.07, 6.45) is 2.33. The highest BCUT2D eigenvalue weighted by Crippen LogP contribution is 2.57. The van der Waals surface area contributed by atoms with Gasteiger partial charge in [-0.1, -0.05) is 65.8 Å². The third kappa shape index (κ3) is 7.19. The minimum Gasteiger partial charge on any atom is -0.504 e. The molecule has 0 aromatic carbocycles. The van der Waals surface area contributed by atoms with E-state index in [1.165, 1.54) is 6.92 Å². The Morgan fingerprint density at radius 1 is 0.724 bits per heavy atom. The fraction of sp³-hybridized carbons (Fsp3) is 0.833. The van der Waals surface area contributed by atoms with Gasteiger partial charge >= 0.3 is 24.9 Å². The molecule has 8 rings (SSSR count). The molecule has 8 aliphatic heterocycles. The molecular weight excluding hydrogens is 755 g/mol. The van der Waals surface area contributed by atoms with E-state index < -0.39 is 120 Å². The number of rotatable bonds is 1. The first kappa shape index (κ1) is 42.3. The number of ether oxygens (including phenoxy) is 7. The van der Waals surface area contributed by atoms with Crippen LogP contribution in [0.2, 0.25) is 0 Å². The van der Waals surface area contributed by atoms with Gasteiger partial charge in [0.25, 0.3) is 0 Å². The monoisotopic (exact) mass is 817 g/mol. The molecule has 0 aromatic heterocycles. The van der Waals surface area contributed by atoms with Gasteiger partial charge in [-0.05, 0) is 46.0 Å². The van der Waals surface area contributed by atoms with E-state index in [1.54, 1.807) is 0 Å². The van der Waals surface area contributed by atoms with Gasteiger partial charge in [-0.3, -0.25) is 4.79 Å². The zero-order valence-electron chi connectivity index (χ0n) is 35.3. The second kappa shape index (κ2) is 15.2. The summed E-state index contributed by atoms with van der Waals surface area (Å²) in [5, 5.41) is 11.7. The van der Waals surface area contributed by atoms with E-state index in [9.17, 15) is 19.5 Å². The average molecular weight is 818 g/mol. The zero-order chi connectivity index (χ0) is 41.6. The Morgan fingerprint density at radius 2 is 1.19 bits per heavy atom. The number of carbonyl (C=O) groups is 3. The molecule has 11 bridgehead atoms.